The molecular formula is C13H26N2O. The predicted molar refractivity (Wildman–Crippen MR) is 68.6 cm³/mol. The van der Waals surface area contributed by atoms with E-state index in [2.05, 4.69) is 20.8 Å². The summed E-state index contributed by atoms with van der Waals surface area (Å²) in [7, 11) is 0. The van der Waals surface area contributed by atoms with Crippen LogP contribution in [0.25, 0.3) is 0 Å². The third kappa shape index (κ3) is 7.32. The van der Waals surface area contributed by atoms with Crippen molar-refractivity contribution in [2.75, 3.05) is 0 Å². The van der Waals surface area contributed by atoms with Gasteiger partial charge in [-0.1, -0.05) is 27.7 Å². The summed E-state index contributed by atoms with van der Waals surface area (Å²) in [6, 6.07) is 0. The number of ketones is 1. The van der Waals surface area contributed by atoms with Crippen molar-refractivity contribution < 1.29 is 4.79 Å². The molecule has 4 N–H and O–H groups in total. The molecule has 0 aromatic carbocycles. The molecule has 0 heterocycles. The monoisotopic (exact) mass is 226 g/mol. The Hall–Kier alpha value is -0.990. The molecule has 1 unspecified atom stereocenters. The van der Waals surface area contributed by atoms with E-state index >= 15 is 0 Å². The Morgan fingerprint density at radius 3 is 2.38 bits per heavy atom. The first kappa shape index (κ1) is 15.0. The Morgan fingerprint density at radius 2 is 1.94 bits per heavy atom. The van der Waals surface area contributed by atoms with E-state index in [0.29, 0.717) is 17.9 Å². The van der Waals surface area contributed by atoms with Crippen molar-refractivity contribution in [2.45, 2.75) is 53.4 Å². The fourth-order valence-corrected chi connectivity index (χ4v) is 1.55. The van der Waals surface area contributed by atoms with Crippen LogP contribution in [-0.4, -0.2) is 5.78 Å². The van der Waals surface area contributed by atoms with E-state index in [1.54, 1.807) is 0 Å². The number of carbonyl (C=O) groups excluding carboxylic acids is 1. The van der Waals surface area contributed by atoms with E-state index in [4.69, 9.17) is 11.5 Å². The lowest BCUT2D eigenvalue weighted by Gasteiger charge is -2.19. The Morgan fingerprint density at radius 1 is 1.38 bits per heavy atom. The zero-order valence-electron chi connectivity index (χ0n) is 11.0. The van der Waals surface area contributed by atoms with Crippen molar-refractivity contribution in [2.24, 2.45) is 22.8 Å². The van der Waals surface area contributed by atoms with Crippen LogP contribution < -0.4 is 11.5 Å². The maximum Gasteiger partial charge on any atom is 0.136 e. The molecule has 0 rings (SSSR count). The second-order valence-corrected chi connectivity index (χ2v) is 5.74. The standard InChI is InChI=1S/C13H26N2O/c1-10(6-5-7-11(15)9-14)12(16)8-13(2,3)4/h9-10H,5-8,14-15H2,1-4H3/b11-9-. The molecule has 0 aromatic heterocycles. The van der Waals surface area contributed by atoms with Crippen LogP contribution in [0, 0.1) is 11.3 Å². The van der Waals surface area contributed by atoms with Gasteiger partial charge in [0.2, 0.25) is 0 Å². The Bertz CT molecular complexity index is 251. The van der Waals surface area contributed by atoms with Gasteiger partial charge in [0.15, 0.2) is 0 Å². The average molecular weight is 226 g/mol. The maximum atomic E-state index is 11.8. The van der Waals surface area contributed by atoms with Gasteiger partial charge in [-0.3, -0.25) is 4.79 Å². The SMILES string of the molecule is CC(CCC/C(N)=C/N)C(=O)CC(C)(C)C. The largest absolute Gasteiger partial charge is 0.403 e. The van der Waals surface area contributed by atoms with Gasteiger partial charge in [0.05, 0.1) is 0 Å². The van der Waals surface area contributed by atoms with Crippen molar-refractivity contribution >= 4 is 5.78 Å². The summed E-state index contributed by atoms with van der Waals surface area (Å²) in [5, 5.41) is 0. The highest BCUT2D eigenvalue weighted by Gasteiger charge is 2.20. The normalized spacial score (nSPS) is 14.9. The van der Waals surface area contributed by atoms with Gasteiger partial charge in [0.1, 0.15) is 5.78 Å². The third-order valence-electron chi connectivity index (χ3n) is 2.57. The van der Waals surface area contributed by atoms with Crippen LogP contribution >= 0.6 is 0 Å². The first-order valence-corrected chi connectivity index (χ1v) is 5.95. The van der Waals surface area contributed by atoms with Crippen molar-refractivity contribution in [3.8, 4) is 0 Å². The maximum absolute atomic E-state index is 11.8. The van der Waals surface area contributed by atoms with E-state index in [9.17, 15) is 4.79 Å². The van der Waals surface area contributed by atoms with Gasteiger partial charge in [-0.25, -0.2) is 0 Å². The van der Waals surface area contributed by atoms with Crippen LogP contribution in [0.15, 0.2) is 11.9 Å². The van der Waals surface area contributed by atoms with Crippen LogP contribution in [0.5, 0.6) is 0 Å². The molecule has 1 atom stereocenters. The third-order valence-corrected chi connectivity index (χ3v) is 2.57. The smallest absolute Gasteiger partial charge is 0.136 e. The molecule has 0 aromatic rings. The zero-order valence-corrected chi connectivity index (χ0v) is 11.0. The molecule has 3 heteroatoms. The van der Waals surface area contributed by atoms with Crippen LogP contribution in [0.3, 0.4) is 0 Å². The Labute approximate surface area is 99.3 Å². The minimum Gasteiger partial charge on any atom is -0.403 e. The summed E-state index contributed by atoms with van der Waals surface area (Å²) in [6.07, 6.45) is 4.68. The number of rotatable bonds is 6. The molecule has 0 radical (unpaired) electrons. The average Bonchev–Trinajstić information content (AvgIpc) is 2.14. The van der Waals surface area contributed by atoms with E-state index < -0.39 is 0 Å². The summed E-state index contributed by atoms with van der Waals surface area (Å²) >= 11 is 0. The van der Waals surface area contributed by atoms with Gasteiger partial charge in [0, 0.05) is 24.2 Å². The lowest BCUT2D eigenvalue weighted by Crippen LogP contribution is -2.19. The molecule has 0 amide bonds. The molecule has 0 aliphatic heterocycles. The zero-order chi connectivity index (χ0) is 12.8. The second-order valence-electron chi connectivity index (χ2n) is 5.74. The molecule has 0 saturated heterocycles. The second kappa shape index (κ2) is 6.56. The van der Waals surface area contributed by atoms with Gasteiger partial charge in [-0.15, -0.1) is 0 Å². The molecule has 0 aliphatic carbocycles. The first-order valence-electron chi connectivity index (χ1n) is 5.95. The summed E-state index contributed by atoms with van der Waals surface area (Å²) < 4.78 is 0. The van der Waals surface area contributed by atoms with Gasteiger partial charge in [0.25, 0.3) is 0 Å². The van der Waals surface area contributed by atoms with Gasteiger partial charge in [-0.2, -0.15) is 0 Å². The first-order chi connectivity index (χ1) is 7.26. The summed E-state index contributed by atoms with van der Waals surface area (Å²) in [4.78, 5) is 11.8. The number of hydrogen-bond donors (Lipinski definition) is 2. The van der Waals surface area contributed by atoms with Gasteiger partial charge in [-0.05, 0) is 24.7 Å². The summed E-state index contributed by atoms with van der Waals surface area (Å²) in [6.45, 7) is 8.27. The molecule has 16 heavy (non-hydrogen) atoms. The van der Waals surface area contributed by atoms with E-state index in [0.717, 1.165) is 19.3 Å². The van der Waals surface area contributed by atoms with E-state index in [1.807, 2.05) is 6.92 Å². The molecule has 0 spiro atoms. The lowest BCUT2D eigenvalue weighted by atomic mass is 9.85. The number of allylic oxidation sites excluding steroid dienone is 1. The van der Waals surface area contributed by atoms with Crippen molar-refractivity contribution in [1.29, 1.82) is 0 Å². The molecule has 0 saturated carbocycles. The fraction of sp³-hybridized carbons (Fsp3) is 0.769. The Balaban J connectivity index is 3.89. The number of carbonyl (C=O) groups is 1. The number of nitrogens with two attached hydrogens (primary N) is 2. The highest BCUT2D eigenvalue weighted by atomic mass is 16.1. The summed E-state index contributed by atoms with van der Waals surface area (Å²) in [5.41, 5.74) is 11.7. The Kier molecular flexibility index (Phi) is 6.16. The fourth-order valence-electron chi connectivity index (χ4n) is 1.55. The molecular weight excluding hydrogens is 200 g/mol. The molecule has 0 aliphatic rings. The predicted octanol–water partition coefficient (Wildman–Crippen LogP) is 2.56. The van der Waals surface area contributed by atoms with Crippen molar-refractivity contribution in [3.05, 3.63) is 11.9 Å². The van der Waals surface area contributed by atoms with Crippen LogP contribution in [0.4, 0.5) is 0 Å². The molecule has 94 valence electrons. The molecule has 0 bridgehead atoms. The lowest BCUT2D eigenvalue weighted by molar-refractivity contribution is -0.124. The van der Waals surface area contributed by atoms with Crippen molar-refractivity contribution in [1.82, 2.24) is 0 Å². The molecule has 0 fully saturated rings. The van der Waals surface area contributed by atoms with E-state index in [-0.39, 0.29) is 11.3 Å². The van der Waals surface area contributed by atoms with Crippen LogP contribution in [0.1, 0.15) is 53.4 Å². The topological polar surface area (TPSA) is 69.1 Å². The minimum absolute atomic E-state index is 0.0849. The van der Waals surface area contributed by atoms with Gasteiger partial charge >= 0.3 is 0 Å². The summed E-state index contributed by atoms with van der Waals surface area (Å²) in [5.74, 6) is 0.479. The molecule has 3 nitrogen and oxygen atoms in total. The highest BCUT2D eigenvalue weighted by molar-refractivity contribution is 5.81. The van der Waals surface area contributed by atoms with Crippen molar-refractivity contribution in [3.63, 3.8) is 0 Å². The van der Waals surface area contributed by atoms with E-state index in [1.165, 1.54) is 6.20 Å². The number of Topliss-reactive ketones (excluding diaryl/α,β-unsaturated/α-hetero) is 1. The van der Waals surface area contributed by atoms with Crippen LogP contribution in [0.2, 0.25) is 0 Å². The quantitative estimate of drug-likeness (QED) is 0.731. The van der Waals surface area contributed by atoms with Crippen LogP contribution in [-0.2, 0) is 4.79 Å². The highest BCUT2D eigenvalue weighted by Crippen LogP contribution is 2.23. The van der Waals surface area contributed by atoms with Gasteiger partial charge < -0.3 is 11.5 Å². The number of hydrogen-bond acceptors (Lipinski definition) is 3. The minimum atomic E-state index is 0.0849.